The topological polar surface area (TPSA) is 75.9 Å². The fraction of sp³-hybridized carbons (Fsp3) is 0.500. The number of aromatic nitrogens is 2. The number of nitrogens with one attached hydrogen (secondary N) is 2. The van der Waals surface area contributed by atoms with Gasteiger partial charge in [-0.3, -0.25) is 5.43 Å². The van der Waals surface area contributed by atoms with Gasteiger partial charge in [-0.25, -0.2) is 10.8 Å². The highest BCUT2D eigenvalue weighted by Gasteiger charge is 2.21. The monoisotopic (exact) mass is 285 g/mol. The smallest absolute Gasteiger partial charge is 0.239 e. The molecule has 0 saturated heterocycles. The Morgan fingerprint density at radius 2 is 2.10 bits per heavy atom. The van der Waals surface area contributed by atoms with Gasteiger partial charge in [-0.2, -0.15) is 4.98 Å². The van der Waals surface area contributed by atoms with Gasteiger partial charge in [0.25, 0.3) is 0 Å². The highest BCUT2D eigenvalue weighted by molar-refractivity contribution is 5.90. The van der Waals surface area contributed by atoms with Crippen LogP contribution in [0.4, 0.5) is 11.8 Å². The van der Waals surface area contributed by atoms with E-state index in [-0.39, 0.29) is 0 Å². The van der Waals surface area contributed by atoms with Crippen molar-refractivity contribution in [3.8, 4) is 0 Å². The average molecular weight is 285 g/mol. The Morgan fingerprint density at radius 3 is 2.90 bits per heavy atom. The Hall–Kier alpha value is -1.88. The van der Waals surface area contributed by atoms with Crippen LogP contribution in [0.3, 0.4) is 0 Å². The lowest BCUT2D eigenvalue weighted by Crippen LogP contribution is -2.28. The van der Waals surface area contributed by atoms with Gasteiger partial charge in [-0.15, -0.1) is 0 Å². The Balaban J connectivity index is 1.88. The van der Waals surface area contributed by atoms with Crippen LogP contribution in [0.5, 0.6) is 0 Å². The molecular formula is C16H23N5. The first-order valence-corrected chi connectivity index (χ1v) is 7.80. The van der Waals surface area contributed by atoms with Crippen molar-refractivity contribution in [3.05, 3.63) is 24.3 Å². The molecule has 0 amide bonds. The van der Waals surface area contributed by atoms with Gasteiger partial charge in [-0.05, 0) is 30.9 Å². The maximum absolute atomic E-state index is 5.48. The molecule has 1 fully saturated rings. The molecule has 1 aliphatic carbocycles. The Morgan fingerprint density at radius 1 is 1.24 bits per heavy atom. The minimum absolute atomic E-state index is 0.457. The van der Waals surface area contributed by atoms with Crippen LogP contribution in [0, 0.1) is 5.92 Å². The Labute approximate surface area is 125 Å². The van der Waals surface area contributed by atoms with E-state index in [9.17, 15) is 0 Å². The molecular weight excluding hydrogens is 262 g/mol. The average Bonchev–Trinajstić information content (AvgIpc) is 2.55. The van der Waals surface area contributed by atoms with Crippen molar-refractivity contribution in [1.29, 1.82) is 0 Å². The van der Waals surface area contributed by atoms with E-state index in [0.29, 0.717) is 12.0 Å². The van der Waals surface area contributed by atoms with E-state index in [0.717, 1.165) is 22.6 Å². The van der Waals surface area contributed by atoms with Crippen LogP contribution in [0.1, 0.15) is 39.0 Å². The van der Waals surface area contributed by atoms with E-state index in [4.69, 9.17) is 5.84 Å². The fourth-order valence-corrected chi connectivity index (χ4v) is 3.24. The number of anilines is 2. The van der Waals surface area contributed by atoms with Crippen molar-refractivity contribution in [3.63, 3.8) is 0 Å². The van der Waals surface area contributed by atoms with Crippen LogP contribution >= 0.6 is 0 Å². The van der Waals surface area contributed by atoms with Gasteiger partial charge in [0.1, 0.15) is 5.82 Å². The van der Waals surface area contributed by atoms with Crippen LogP contribution in [-0.4, -0.2) is 16.0 Å². The summed E-state index contributed by atoms with van der Waals surface area (Å²) in [6, 6.07) is 8.53. The summed E-state index contributed by atoms with van der Waals surface area (Å²) in [5.41, 5.74) is 3.46. The highest BCUT2D eigenvalue weighted by atomic mass is 15.3. The number of fused-ring (bicyclic) bond motifs is 1. The first-order chi connectivity index (χ1) is 10.3. The lowest BCUT2D eigenvalue weighted by Gasteiger charge is -2.29. The summed E-state index contributed by atoms with van der Waals surface area (Å²) in [5, 5.41) is 4.67. The van der Waals surface area contributed by atoms with Gasteiger partial charge in [-0.1, -0.05) is 38.3 Å². The number of para-hydroxylation sites is 1. The number of nitrogens with zero attached hydrogens (tertiary/aromatic N) is 2. The van der Waals surface area contributed by atoms with E-state index in [1.165, 1.54) is 32.1 Å². The number of hydrazine groups is 1. The summed E-state index contributed by atoms with van der Waals surface area (Å²) in [5.74, 6) is 7.66. The second-order valence-electron chi connectivity index (χ2n) is 5.84. The minimum atomic E-state index is 0.457. The minimum Gasteiger partial charge on any atom is -0.367 e. The van der Waals surface area contributed by atoms with Crippen LogP contribution in [0.25, 0.3) is 10.9 Å². The third-order valence-electron chi connectivity index (χ3n) is 4.43. The van der Waals surface area contributed by atoms with E-state index in [1.807, 2.05) is 18.2 Å². The maximum Gasteiger partial charge on any atom is 0.239 e. The van der Waals surface area contributed by atoms with Crippen molar-refractivity contribution in [1.82, 2.24) is 9.97 Å². The zero-order valence-electron chi connectivity index (χ0n) is 12.5. The molecule has 2 atom stereocenters. The highest BCUT2D eigenvalue weighted by Crippen LogP contribution is 2.30. The largest absolute Gasteiger partial charge is 0.367 e. The van der Waals surface area contributed by atoms with E-state index < -0.39 is 0 Å². The van der Waals surface area contributed by atoms with Gasteiger partial charge >= 0.3 is 0 Å². The third-order valence-corrected chi connectivity index (χ3v) is 4.43. The van der Waals surface area contributed by atoms with Crippen LogP contribution < -0.4 is 16.6 Å². The summed E-state index contributed by atoms with van der Waals surface area (Å²) in [6.07, 6.45) is 6.34. The van der Waals surface area contributed by atoms with Crippen molar-refractivity contribution in [2.24, 2.45) is 11.8 Å². The predicted molar refractivity (Wildman–Crippen MR) is 87.0 cm³/mol. The molecule has 5 heteroatoms. The molecule has 0 radical (unpaired) electrons. The van der Waals surface area contributed by atoms with Crippen molar-refractivity contribution < 1.29 is 0 Å². The molecule has 1 aliphatic rings. The molecule has 3 rings (SSSR count). The van der Waals surface area contributed by atoms with Crippen molar-refractivity contribution in [2.45, 2.75) is 45.1 Å². The van der Waals surface area contributed by atoms with Gasteiger partial charge in [0.2, 0.25) is 5.95 Å². The molecule has 5 nitrogen and oxygen atoms in total. The number of hydrogen-bond acceptors (Lipinski definition) is 5. The fourth-order valence-electron chi connectivity index (χ4n) is 3.24. The standard InChI is InChI=1S/C16H23N5/c1-2-11-6-5-7-12(10-11)18-15-13-8-3-4-9-14(13)19-16(20-15)21-17/h3-4,8-9,11-12H,2,5-7,10,17H2,1H3,(H2,18,19,20,21). The zero-order valence-corrected chi connectivity index (χ0v) is 12.5. The quantitative estimate of drug-likeness (QED) is 0.593. The third kappa shape index (κ3) is 3.08. The van der Waals surface area contributed by atoms with Crippen molar-refractivity contribution in [2.75, 3.05) is 10.7 Å². The van der Waals surface area contributed by atoms with Gasteiger partial charge in [0.15, 0.2) is 0 Å². The maximum atomic E-state index is 5.48. The number of hydrogen-bond donors (Lipinski definition) is 3. The molecule has 1 aromatic heterocycles. The first kappa shape index (κ1) is 14.1. The molecule has 112 valence electrons. The molecule has 1 saturated carbocycles. The summed E-state index contributed by atoms with van der Waals surface area (Å²) < 4.78 is 0. The van der Waals surface area contributed by atoms with Gasteiger partial charge in [0, 0.05) is 11.4 Å². The summed E-state index contributed by atoms with van der Waals surface area (Å²) in [7, 11) is 0. The Bertz CT molecular complexity index is 613. The summed E-state index contributed by atoms with van der Waals surface area (Å²) >= 11 is 0. The van der Waals surface area contributed by atoms with E-state index in [1.54, 1.807) is 0 Å². The molecule has 2 aromatic rings. The Kier molecular flexibility index (Phi) is 4.20. The first-order valence-electron chi connectivity index (χ1n) is 7.80. The lowest BCUT2D eigenvalue weighted by molar-refractivity contribution is 0.327. The molecule has 4 N–H and O–H groups in total. The molecule has 1 heterocycles. The van der Waals surface area contributed by atoms with Gasteiger partial charge in [0.05, 0.1) is 5.52 Å². The second-order valence-corrected chi connectivity index (χ2v) is 5.84. The summed E-state index contributed by atoms with van der Waals surface area (Å²) in [6.45, 7) is 2.28. The second kappa shape index (κ2) is 6.26. The van der Waals surface area contributed by atoms with Crippen molar-refractivity contribution >= 4 is 22.7 Å². The molecule has 0 bridgehead atoms. The van der Waals surface area contributed by atoms with Gasteiger partial charge < -0.3 is 5.32 Å². The molecule has 2 unspecified atom stereocenters. The number of rotatable bonds is 4. The molecule has 0 aliphatic heterocycles. The van der Waals surface area contributed by atoms with Crippen LogP contribution in [0.2, 0.25) is 0 Å². The molecule has 21 heavy (non-hydrogen) atoms. The normalized spacial score (nSPS) is 22.2. The zero-order chi connectivity index (χ0) is 14.7. The summed E-state index contributed by atoms with van der Waals surface area (Å²) in [4.78, 5) is 8.90. The van der Waals surface area contributed by atoms with Crippen LogP contribution in [-0.2, 0) is 0 Å². The van der Waals surface area contributed by atoms with Crippen LogP contribution in [0.15, 0.2) is 24.3 Å². The number of nitrogen functional groups attached to an aromatic ring is 1. The molecule has 0 spiro atoms. The lowest BCUT2D eigenvalue weighted by atomic mass is 9.84. The predicted octanol–water partition coefficient (Wildman–Crippen LogP) is 3.30. The number of benzene rings is 1. The number of nitrogens with two attached hydrogens (primary N) is 1. The SMILES string of the molecule is CCC1CCCC(Nc2nc(NN)nc3ccccc23)C1. The van der Waals surface area contributed by atoms with E-state index >= 15 is 0 Å². The molecule has 1 aromatic carbocycles. The van der Waals surface area contributed by atoms with E-state index in [2.05, 4.69) is 33.7 Å².